The van der Waals surface area contributed by atoms with Crippen LogP contribution in [-0.2, 0) is 14.3 Å². The molecule has 1 heterocycles. The second-order valence-electron chi connectivity index (χ2n) is 6.12. The van der Waals surface area contributed by atoms with Crippen LogP contribution in [0.1, 0.15) is 32.8 Å². The van der Waals surface area contributed by atoms with E-state index in [0.717, 1.165) is 23.1 Å². The third-order valence-corrected chi connectivity index (χ3v) is 5.36. The second kappa shape index (κ2) is 9.34. The molecule has 9 heteroatoms. The summed E-state index contributed by atoms with van der Waals surface area (Å²) >= 11 is 7.09. The van der Waals surface area contributed by atoms with Gasteiger partial charge in [0.2, 0.25) is 0 Å². The highest BCUT2D eigenvalue weighted by Crippen LogP contribution is 2.40. The van der Waals surface area contributed by atoms with Crippen LogP contribution >= 0.6 is 23.4 Å². The molecule has 0 aliphatic carbocycles. The molecule has 0 spiro atoms. The third-order valence-electron chi connectivity index (χ3n) is 4.20. The Balaban J connectivity index is 2.35. The molecule has 2 atom stereocenters. The van der Waals surface area contributed by atoms with E-state index in [4.69, 9.17) is 21.1 Å². The first-order valence-corrected chi connectivity index (χ1v) is 9.81. The molecule has 1 saturated heterocycles. The van der Waals surface area contributed by atoms with E-state index in [2.05, 4.69) is 4.74 Å². The molecular formula is C19H22ClNO6S. The Bertz CT molecular complexity index is 825. The average molecular weight is 428 g/mol. The van der Waals surface area contributed by atoms with E-state index in [9.17, 15) is 14.4 Å². The van der Waals surface area contributed by atoms with Crippen LogP contribution in [0.25, 0.3) is 6.08 Å². The largest absolute Gasteiger partial charge is 0.493 e. The first kappa shape index (κ1) is 22.1. The molecule has 0 N–H and O–H groups in total. The fourth-order valence-electron chi connectivity index (χ4n) is 2.46. The van der Waals surface area contributed by atoms with Gasteiger partial charge in [-0.1, -0.05) is 18.5 Å². The van der Waals surface area contributed by atoms with Crippen LogP contribution in [0.2, 0.25) is 5.02 Å². The van der Waals surface area contributed by atoms with Crippen LogP contribution in [-0.4, -0.2) is 48.4 Å². The van der Waals surface area contributed by atoms with Crippen molar-refractivity contribution in [1.29, 1.82) is 0 Å². The van der Waals surface area contributed by atoms with Crippen molar-refractivity contribution in [3.63, 3.8) is 0 Å². The summed E-state index contributed by atoms with van der Waals surface area (Å²) in [5.74, 6) is -0.396. The number of amides is 2. The van der Waals surface area contributed by atoms with E-state index in [1.807, 2.05) is 13.8 Å². The number of benzene rings is 1. The number of methoxy groups -OCH3 is 2. The molecule has 152 valence electrons. The van der Waals surface area contributed by atoms with Crippen molar-refractivity contribution in [3.05, 3.63) is 27.6 Å². The van der Waals surface area contributed by atoms with Crippen molar-refractivity contribution in [1.82, 2.24) is 4.90 Å². The summed E-state index contributed by atoms with van der Waals surface area (Å²) in [6, 6.07) is 2.29. The number of carbonyl (C=O) groups excluding carboxylic acids is 3. The number of carbonyl (C=O) groups is 3. The monoisotopic (exact) mass is 427 g/mol. The fraction of sp³-hybridized carbons (Fsp3) is 0.421. The van der Waals surface area contributed by atoms with E-state index >= 15 is 0 Å². The highest BCUT2D eigenvalue weighted by atomic mass is 35.5. The number of hydrogen-bond acceptors (Lipinski definition) is 7. The van der Waals surface area contributed by atoms with Crippen LogP contribution < -0.4 is 9.47 Å². The molecule has 28 heavy (non-hydrogen) atoms. The van der Waals surface area contributed by atoms with Gasteiger partial charge in [0.05, 0.1) is 30.3 Å². The zero-order valence-corrected chi connectivity index (χ0v) is 17.8. The standard InChI is InChI=1S/C19H22ClNO6S/c1-6-10(2)27-16-13(20)7-12(8-14(16)25-4)9-15-17(22)21(19(24)28-15)11(3)18(23)26-5/h7-11H,6H2,1-5H3/b15-9+/t10-,11-/m0/s1. The van der Waals surface area contributed by atoms with Gasteiger partial charge in [-0.25, -0.2) is 4.79 Å². The molecule has 7 nitrogen and oxygen atoms in total. The quantitative estimate of drug-likeness (QED) is 0.478. The van der Waals surface area contributed by atoms with Gasteiger partial charge in [-0.05, 0) is 55.8 Å². The van der Waals surface area contributed by atoms with Crippen molar-refractivity contribution >= 4 is 46.6 Å². The maximum atomic E-state index is 12.6. The van der Waals surface area contributed by atoms with Gasteiger partial charge in [-0.15, -0.1) is 0 Å². The molecule has 0 saturated carbocycles. The van der Waals surface area contributed by atoms with Gasteiger partial charge in [0.15, 0.2) is 11.5 Å². The van der Waals surface area contributed by atoms with Crippen LogP contribution in [0.4, 0.5) is 4.79 Å². The topological polar surface area (TPSA) is 82.1 Å². The van der Waals surface area contributed by atoms with Gasteiger partial charge < -0.3 is 14.2 Å². The smallest absolute Gasteiger partial charge is 0.328 e. The Hall–Kier alpha value is -2.19. The number of hydrogen-bond donors (Lipinski definition) is 0. The Morgan fingerprint density at radius 3 is 2.54 bits per heavy atom. The Kier molecular flexibility index (Phi) is 7.37. The first-order chi connectivity index (χ1) is 13.2. The molecule has 0 bridgehead atoms. The first-order valence-electron chi connectivity index (χ1n) is 8.62. The summed E-state index contributed by atoms with van der Waals surface area (Å²) in [7, 11) is 2.69. The van der Waals surface area contributed by atoms with Crippen molar-refractivity contribution in [2.45, 2.75) is 39.3 Å². The summed E-state index contributed by atoms with van der Waals surface area (Å²) in [4.78, 5) is 37.5. The Labute approximate surface area is 172 Å². The lowest BCUT2D eigenvalue weighted by molar-refractivity contribution is -0.148. The minimum absolute atomic E-state index is 0.0476. The van der Waals surface area contributed by atoms with Crippen molar-refractivity contribution < 1.29 is 28.6 Å². The second-order valence-corrected chi connectivity index (χ2v) is 7.52. The number of ether oxygens (including phenoxy) is 3. The number of esters is 1. The molecule has 1 aliphatic rings. The SMILES string of the molecule is CC[C@H](C)Oc1c(Cl)cc(/C=C2/SC(=O)N([C@@H](C)C(=O)OC)C2=O)cc1OC. The fourth-order valence-corrected chi connectivity index (χ4v) is 3.63. The maximum Gasteiger partial charge on any atom is 0.328 e. The van der Waals surface area contributed by atoms with Crippen molar-refractivity contribution in [3.8, 4) is 11.5 Å². The van der Waals surface area contributed by atoms with Gasteiger partial charge in [0, 0.05) is 0 Å². The maximum absolute atomic E-state index is 12.6. The van der Waals surface area contributed by atoms with E-state index in [0.29, 0.717) is 22.1 Å². The van der Waals surface area contributed by atoms with Crippen molar-refractivity contribution in [2.75, 3.05) is 14.2 Å². The van der Waals surface area contributed by atoms with E-state index in [1.54, 1.807) is 12.1 Å². The zero-order valence-electron chi connectivity index (χ0n) is 16.3. The molecule has 1 fully saturated rings. The van der Waals surface area contributed by atoms with Gasteiger partial charge in [0.25, 0.3) is 11.1 Å². The number of rotatable bonds is 7. The van der Waals surface area contributed by atoms with E-state index in [1.165, 1.54) is 27.2 Å². The molecule has 2 rings (SSSR count). The normalized spacial score (nSPS) is 17.6. The van der Waals surface area contributed by atoms with Gasteiger partial charge >= 0.3 is 5.97 Å². The minimum atomic E-state index is -1.01. The minimum Gasteiger partial charge on any atom is -0.493 e. The van der Waals surface area contributed by atoms with Crippen LogP contribution in [0.3, 0.4) is 0 Å². The summed E-state index contributed by atoms with van der Waals surface area (Å²) in [5.41, 5.74) is 0.564. The third kappa shape index (κ3) is 4.62. The molecule has 2 amide bonds. The van der Waals surface area contributed by atoms with Gasteiger partial charge in [-0.2, -0.15) is 0 Å². The number of halogens is 1. The highest BCUT2D eigenvalue weighted by Gasteiger charge is 2.41. The summed E-state index contributed by atoms with van der Waals surface area (Å²) < 4.78 is 15.8. The summed E-state index contributed by atoms with van der Waals surface area (Å²) in [6.45, 7) is 5.35. The lowest BCUT2D eigenvalue weighted by atomic mass is 10.1. The highest BCUT2D eigenvalue weighted by molar-refractivity contribution is 8.18. The average Bonchev–Trinajstić information content (AvgIpc) is 2.95. The van der Waals surface area contributed by atoms with Crippen LogP contribution in [0, 0.1) is 0 Å². The predicted octanol–water partition coefficient (Wildman–Crippen LogP) is 4.12. The lowest BCUT2D eigenvalue weighted by Gasteiger charge is -2.18. The van der Waals surface area contributed by atoms with E-state index < -0.39 is 23.2 Å². The number of nitrogens with zero attached hydrogens (tertiary/aromatic N) is 1. The Morgan fingerprint density at radius 1 is 1.29 bits per heavy atom. The lowest BCUT2D eigenvalue weighted by Crippen LogP contribution is -2.42. The van der Waals surface area contributed by atoms with E-state index in [-0.39, 0.29) is 11.0 Å². The van der Waals surface area contributed by atoms with Crippen LogP contribution in [0.15, 0.2) is 17.0 Å². The van der Waals surface area contributed by atoms with Gasteiger partial charge in [-0.3, -0.25) is 14.5 Å². The number of thioether (sulfide) groups is 1. The molecule has 0 aromatic heterocycles. The predicted molar refractivity (Wildman–Crippen MR) is 108 cm³/mol. The summed E-state index contributed by atoms with van der Waals surface area (Å²) in [6.07, 6.45) is 2.27. The zero-order chi connectivity index (χ0) is 21.0. The van der Waals surface area contributed by atoms with Gasteiger partial charge in [0.1, 0.15) is 6.04 Å². The molecule has 1 aromatic rings. The molecular weight excluding hydrogens is 406 g/mol. The summed E-state index contributed by atoms with van der Waals surface area (Å²) in [5, 5.41) is -0.211. The molecule has 1 aromatic carbocycles. The van der Waals surface area contributed by atoms with Crippen molar-refractivity contribution in [2.24, 2.45) is 0 Å². The van der Waals surface area contributed by atoms with Crippen LogP contribution in [0.5, 0.6) is 11.5 Å². The molecule has 0 radical (unpaired) electrons. The number of imide groups is 1. The Morgan fingerprint density at radius 2 is 1.96 bits per heavy atom. The molecule has 0 unspecified atom stereocenters. The molecule has 1 aliphatic heterocycles.